The molecule has 0 fully saturated rings. The van der Waals surface area contributed by atoms with E-state index in [9.17, 15) is 0 Å². The van der Waals surface area contributed by atoms with E-state index in [0.717, 1.165) is 5.52 Å². The number of aromatic nitrogens is 1. The Labute approximate surface area is 111 Å². The molecule has 0 aliphatic rings. The summed E-state index contributed by atoms with van der Waals surface area (Å²) in [6.45, 7) is 0. The van der Waals surface area contributed by atoms with Crippen molar-refractivity contribution in [3.8, 4) is 0 Å². The van der Waals surface area contributed by atoms with Crippen molar-refractivity contribution in [2.75, 3.05) is 0 Å². The van der Waals surface area contributed by atoms with Gasteiger partial charge in [0.25, 0.3) is 0 Å². The Hall–Kier alpha value is 0.918. The molecule has 1 aromatic heterocycles. The molecule has 0 aliphatic heterocycles. The Bertz CT molecular complexity index is 367. The molecule has 0 amide bonds. The van der Waals surface area contributed by atoms with Crippen molar-refractivity contribution in [2.45, 2.75) is 0 Å². The minimum Gasteiger partial charge on any atom is -0.693 e. The first-order valence-electron chi connectivity index (χ1n) is 3.23. The third-order valence-corrected chi connectivity index (χ3v) is 2.05. The molecule has 2 N–H and O–H groups in total. The summed E-state index contributed by atoms with van der Waals surface area (Å²) in [6.07, 6.45) is 0. The van der Waals surface area contributed by atoms with Crippen LogP contribution in [0.1, 0.15) is 0 Å². The molecular weight excluding hydrogens is 481 g/mol. The number of rotatable bonds is 0. The fraction of sp³-hybridized carbons (Fsp3) is 0. The van der Waals surface area contributed by atoms with Crippen LogP contribution in [0.5, 0.6) is 0 Å². The second kappa shape index (κ2) is 7.28. The van der Waals surface area contributed by atoms with Crippen LogP contribution in [0.3, 0.4) is 0 Å². The van der Waals surface area contributed by atoms with E-state index in [4.69, 9.17) is 37.7 Å². The van der Waals surface area contributed by atoms with Crippen molar-refractivity contribution >= 4 is 59.2 Å². The van der Waals surface area contributed by atoms with E-state index in [0.29, 0.717) is 0 Å². The molecule has 0 radical (unpaired) electrons. The molecule has 15 heavy (non-hydrogen) atoms. The molecule has 8 heteroatoms. The molecule has 0 bridgehead atoms. The third kappa shape index (κ3) is 7.75. The first kappa shape index (κ1) is 15.9. The topological polar surface area (TPSA) is 46.4 Å². The van der Waals surface area contributed by atoms with Crippen LogP contribution >= 0.6 is 49.0 Å². The van der Waals surface area contributed by atoms with Crippen LogP contribution in [0.15, 0.2) is 29.8 Å². The molecule has 0 saturated carbocycles. The Morgan fingerprint density at radius 2 is 1.60 bits per heavy atom. The van der Waals surface area contributed by atoms with Gasteiger partial charge in [0, 0.05) is 0 Å². The molecule has 90 valence electrons. The van der Waals surface area contributed by atoms with Crippen LogP contribution in [0.2, 0.25) is 0 Å². The molecular formula is C7H7Cl4N2PtS-. The minimum absolute atomic E-state index is 0. The Kier molecular flexibility index (Phi) is 7.73. The van der Waals surface area contributed by atoms with Crippen LogP contribution in [0.25, 0.3) is 16.4 Å². The normalized spacial score (nSPS) is 11.2. The molecule has 1 aromatic carbocycles. The van der Waals surface area contributed by atoms with E-state index in [1.165, 1.54) is 4.70 Å². The van der Waals surface area contributed by atoms with Crippen LogP contribution < -0.4 is 0 Å². The van der Waals surface area contributed by atoms with Crippen molar-refractivity contribution < 1.29 is 11.9 Å². The number of benzene rings is 1. The van der Waals surface area contributed by atoms with E-state index in [2.05, 4.69) is 11.1 Å². The number of hydrogen-bond acceptors (Lipinski definition) is 2. The summed E-state index contributed by atoms with van der Waals surface area (Å²) in [6, 6.07) is 8.13. The standard InChI is InChI=1S/C7H5NS.4ClH.H2N.Pt/c1-2-4-7-6(3-1)8-5-9-7;;;;;;/h1-5H;4*1H;1H2;/q;;;;;-1;+4/p-4. The smallest absolute Gasteiger partial charge is 0.0812 e. The van der Waals surface area contributed by atoms with Crippen molar-refractivity contribution in [3.05, 3.63) is 35.9 Å². The van der Waals surface area contributed by atoms with Gasteiger partial charge in [-0.1, -0.05) is 12.1 Å². The predicted molar refractivity (Wildman–Crippen MR) is 68.3 cm³/mol. The first-order chi connectivity index (χ1) is 6.47. The van der Waals surface area contributed by atoms with Gasteiger partial charge in [0.15, 0.2) is 0 Å². The number of thiazole rings is 1. The quantitative estimate of drug-likeness (QED) is 0.465. The van der Waals surface area contributed by atoms with Gasteiger partial charge in [-0.25, -0.2) is 4.98 Å². The van der Waals surface area contributed by atoms with E-state index in [-0.39, 0.29) is 6.15 Å². The molecule has 0 atom stereocenters. The number of hydrogen-bond donors (Lipinski definition) is 0. The average molecular weight is 488 g/mol. The Morgan fingerprint density at radius 1 is 1.07 bits per heavy atom. The van der Waals surface area contributed by atoms with Gasteiger partial charge in [0.2, 0.25) is 0 Å². The number of fused-ring (bicyclic) bond motifs is 1. The van der Waals surface area contributed by atoms with E-state index in [1.54, 1.807) is 11.3 Å². The van der Waals surface area contributed by atoms with Crippen molar-refractivity contribution in [2.24, 2.45) is 0 Å². The number of nitrogens with two attached hydrogens (primary N) is 1. The van der Waals surface area contributed by atoms with Gasteiger partial charge in [-0.3, -0.25) is 0 Å². The monoisotopic (exact) mass is 486 g/mol. The zero-order valence-electron chi connectivity index (χ0n) is 7.15. The zero-order chi connectivity index (χ0) is 10.6. The van der Waals surface area contributed by atoms with Crippen molar-refractivity contribution in [1.29, 1.82) is 0 Å². The van der Waals surface area contributed by atoms with Gasteiger partial charge in [-0.05, 0) is 12.1 Å². The van der Waals surface area contributed by atoms with Gasteiger partial charge < -0.3 is 6.15 Å². The molecule has 2 rings (SSSR count). The molecule has 2 aromatic rings. The largest absolute Gasteiger partial charge is 0.693 e. The molecule has 0 unspecified atom stereocenters. The summed E-state index contributed by atoms with van der Waals surface area (Å²) in [4.78, 5) is 4.14. The van der Waals surface area contributed by atoms with Gasteiger partial charge in [-0.15, -0.1) is 11.3 Å². The second-order valence-electron chi connectivity index (χ2n) is 2.09. The maximum Gasteiger partial charge on any atom is 0.0812 e. The summed E-state index contributed by atoms with van der Waals surface area (Å²) in [5, 5.41) is 0. The summed E-state index contributed by atoms with van der Waals surface area (Å²) < 4.78 is 1.26. The predicted octanol–water partition coefficient (Wildman–Crippen LogP) is 5.77. The molecule has 0 saturated heterocycles. The van der Waals surface area contributed by atoms with Crippen molar-refractivity contribution in [3.63, 3.8) is 0 Å². The fourth-order valence-electron chi connectivity index (χ4n) is 0.803. The van der Waals surface area contributed by atoms with Crippen LogP contribution in [-0.4, -0.2) is 4.98 Å². The fourth-order valence-corrected chi connectivity index (χ4v) is 1.48. The van der Waals surface area contributed by atoms with Crippen LogP contribution in [0.4, 0.5) is 0 Å². The maximum atomic E-state index is 5.01. The Balaban J connectivity index is 0.000000289. The number of halogens is 4. The minimum atomic E-state index is -3.06. The summed E-state index contributed by atoms with van der Waals surface area (Å²) >= 11 is -1.38. The molecule has 0 spiro atoms. The van der Waals surface area contributed by atoms with E-state index in [1.807, 2.05) is 23.7 Å². The Morgan fingerprint density at radius 3 is 2.13 bits per heavy atom. The summed E-state index contributed by atoms with van der Waals surface area (Å²) in [5.41, 5.74) is 2.97. The summed E-state index contributed by atoms with van der Waals surface area (Å²) in [7, 11) is 20.0. The number of para-hydroxylation sites is 1. The summed E-state index contributed by atoms with van der Waals surface area (Å²) in [5.74, 6) is 0. The molecule has 1 heterocycles. The maximum absolute atomic E-state index is 5.01. The average Bonchev–Trinajstić information content (AvgIpc) is 2.47. The molecule has 0 aliphatic carbocycles. The SMILES string of the molecule is [Cl][Pt]([Cl])([Cl])[Cl].[NH2-].c1ccc2scnc2c1. The number of nitrogens with zero attached hydrogens (tertiary/aromatic N) is 1. The van der Waals surface area contributed by atoms with Gasteiger partial charge in [0.05, 0.1) is 15.7 Å². The second-order valence-corrected chi connectivity index (χ2v) is 22.7. The zero-order valence-corrected chi connectivity index (χ0v) is 13.3. The van der Waals surface area contributed by atoms with Gasteiger partial charge >= 0.3 is 49.6 Å². The van der Waals surface area contributed by atoms with Crippen LogP contribution in [0, 0.1) is 0 Å². The van der Waals surface area contributed by atoms with Crippen LogP contribution in [-0.2, 0) is 11.9 Å². The third-order valence-electron chi connectivity index (χ3n) is 1.24. The van der Waals surface area contributed by atoms with Gasteiger partial charge in [-0.2, -0.15) is 0 Å². The first-order valence-corrected chi connectivity index (χ1v) is 15.4. The van der Waals surface area contributed by atoms with E-state index >= 15 is 0 Å². The van der Waals surface area contributed by atoms with E-state index < -0.39 is 11.9 Å². The molecule has 2 nitrogen and oxygen atoms in total. The van der Waals surface area contributed by atoms with Crippen molar-refractivity contribution in [1.82, 2.24) is 4.98 Å². The van der Waals surface area contributed by atoms with Gasteiger partial charge in [0.1, 0.15) is 0 Å².